The van der Waals surface area contributed by atoms with E-state index >= 15 is 0 Å². The lowest BCUT2D eigenvalue weighted by Gasteiger charge is -2.32. The Balaban J connectivity index is 1.42. The maximum Gasteiger partial charge on any atom is 0.229 e. The molecule has 2 heterocycles. The summed E-state index contributed by atoms with van der Waals surface area (Å²) in [4.78, 5) is 29.4. The molecule has 0 spiro atoms. The van der Waals surface area contributed by atoms with E-state index in [-0.39, 0.29) is 23.7 Å². The molecule has 1 aliphatic carbocycles. The Morgan fingerprint density at radius 1 is 0.920 bits per heavy atom. The summed E-state index contributed by atoms with van der Waals surface area (Å²) in [5.74, 6) is 0.454. The van der Waals surface area contributed by atoms with E-state index in [0.29, 0.717) is 6.54 Å². The molecule has 134 valence electrons. The molecule has 1 aromatic rings. The van der Waals surface area contributed by atoms with Gasteiger partial charge in [-0.1, -0.05) is 12.1 Å². The van der Waals surface area contributed by atoms with Gasteiger partial charge in [-0.25, -0.2) is 0 Å². The van der Waals surface area contributed by atoms with E-state index in [0.717, 1.165) is 56.7 Å². The summed E-state index contributed by atoms with van der Waals surface area (Å²) < 4.78 is 0. The van der Waals surface area contributed by atoms with E-state index < -0.39 is 0 Å². The number of hydrogen-bond acceptors (Lipinski definition) is 3. The zero-order valence-electron chi connectivity index (χ0n) is 14.7. The predicted octanol–water partition coefficient (Wildman–Crippen LogP) is 2.87. The number of benzene rings is 1. The first kappa shape index (κ1) is 16.4. The maximum absolute atomic E-state index is 12.8. The highest BCUT2D eigenvalue weighted by Crippen LogP contribution is 2.33. The number of nitrogens with zero attached hydrogens (tertiary/aromatic N) is 2. The van der Waals surface area contributed by atoms with Crippen LogP contribution in [-0.4, -0.2) is 42.9 Å². The second kappa shape index (κ2) is 7.06. The monoisotopic (exact) mass is 341 g/mol. The number of nitrogens with one attached hydrogen (secondary N) is 1. The van der Waals surface area contributed by atoms with Crippen LogP contribution in [0.25, 0.3) is 0 Å². The Morgan fingerprint density at radius 2 is 1.68 bits per heavy atom. The van der Waals surface area contributed by atoms with Gasteiger partial charge in [0.25, 0.3) is 0 Å². The first-order chi connectivity index (χ1) is 12.2. The molecule has 4 rings (SSSR count). The Kier molecular flexibility index (Phi) is 4.64. The quantitative estimate of drug-likeness (QED) is 0.916. The molecule has 1 N–H and O–H groups in total. The third-order valence-corrected chi connectivity index (χ3v) is 5.64. The van der Waals surface area contributed by atoms with Gasteiger partial charge >= 0.3 is 0 Å². The van der Waals surface area contributed by atoms with Crippen LogP contribution in [0, 0.1) is 11.8 Å². The van der Waals surface area contributed by atoms with Gasteiger partial charge in [0.15, 0.2) is 0 Å². The topological polar surface area (TPSA) is 52.7 Å². The van der Waals surface area contributed by atoms with Gasteiger partial charge in [-0.05, 0) is 50.7 Å². The minimum Gasteiger partial charge on any atom is -0.370 e. The van der Waals surface area contributed by atoms with Crippen LogP contribution in [0.1, 0.15) is 38.5 Å². The molecule has 3 aliphatic rings. The fourth-order valence-corrected chi connectivity index (χ4v) is 4.03. The molecule has 1 atom stereocenters. The van der Waals surface area contributed by atoms with Crippen LogP contribution in [-0.2, 0) is 9.59 Å². The van der Waals surface area contributed by atoms with Crippen molar-refractivity contribution in [3.63, 3.8) is 0 Å². The number of carbonyl (C=O) groups excluding carboxylic acids is 2. The van der Waals surface area contributed by atoms with E-state index in [4.69, 9.17) is 0 Å². The average Bonchev–Trinajstić information content (AvgIpc) is 3.36. The van der Waals surface area contributed by atoms with E-state index in [2.05, 4.69) is 16.3 Å². The number of amides is 2. The van der Waals surface area contributed by atoms with Crippen LogP contribution in [0.3, 0.4) is 0 Å². The number of hydrogen-bond donors (Lipinski definition) is 1. The lowest BCUT2D eigenvalue weighted by atomic mass is 9.96. The number of para-hydroxylation sites is 2. The minimum absolute atomic E-state index is 0.0555. The van der Waals surface area contributed by atoms with Crippen molar-refractivity contribution < 1.29 is 9.59 Å². The molecule has 25 heavy (non-hydrogen) atoms. The van der Waals surface area contributed by atoms with Crippen molar-refractivity contribution in [3.8, 4) is 0 Å². The van der Waals surface area contributed by atoms with Crippen LogP contribution in [0.4, 0.5) is 11.4 Å². The van der Waals surface area contributed by atoms with Gasteiger partial charge < -0.3 is 15.1 Å². The van der Waals surface area contributed by atoms with Crippen LogP contribution in [0.5, 0.6) is 0 Å². The highest BCUT2D eigenvalue weighted by Gasteiger charge is 2.36. The highest BCUT2D eigenvalue weighted by molar-refractivity contribution is 5.96. The molecule has 3 fully saturated rings. The zero-order valence-corrected chi connectivity index (χ0v) is 14.7. The molecule has 5 heteroatoms. The smallest absolute Gasteiger partial charge is 0.229 e. The fourth-order valence-electron chi connectivity index (χ4n) is 4.03. The molecule has 5 nitrogen and oxygen atoms in total. The molecule has 0 bridgehead atoms. The van der Waals surface area contributed by atoms with Gasteiger partial charge in [-0.15, -0.1) is 0 Å². The van der Waals surface area contributed by atoms with Gasteiger partial charge in [0, 0.05) is 32.1 Å². The standard InChI is InChI=1S/C20H27N3O2/c24-19(16-6-5-13-23(14-16)20(25)15-9-10-15)21-17-7-1-2-8-18(17)22-11-3-4-12-22/h1-2,7-8,15-16H,3-6,9-14H2,(H,21,24)/t16-/m0/s1. The number of likely N-dealkylation sites (tertiary alicyclic amines) is 1. The fraction of sp³-hybridized carbons (Fsp3) is 0.600. The number of piperidine rings is 1. The second-order valence-electron chi connectivity index (χ2n) is 7.60. The summed E-state index contributed by atoms with van der Waals surface area (Å²) >= 11 is 0. The average molecular weight is 341 g/mol. The summed E-state index contributed by atoms with van der Waals surface area (Å²) in [5.41, 5.74) is 2.02. The summed E-state index contributed by atoms with van der Waals surface area (Å²) in [6.07, 6.45) is 6.26. The third kappa shape index (κ3) is 3.65. The Morgan fingerprint density at radius 3 is 2.44 bits per heavy atom. The SMILES string of the molecule is O=C(Nc1ccccc1N1CCCC1)[C@H]1CCCN(C(=O)C2CC2)C1. The number of rotatable bonds is 4. The van der Waals surface area contributed by atoms with Crippen LogP contribution in [0.2, 0.25) is 0 Å². The van der Waals surface area contributed by atoms with Crippen molar-refractivity contribution >= 4 is 23.2 Å². The molecular formula is C20H27N3O2. The first-order valence-electron chi connectivity index (χ1n) is 9.66. The molecule has 2 saturated heterocycles. The van der Waals surface area contributed by atoms with Crippen molar-refractivity contribution in [2.45, 2.75) is 38.5 Å². The number of anilines is 2. The lowest BCUT2D eigenvalue weighted by molar-refractivity contribution is -0.135. The van der Waals surface area contributed by atoms with Crippen molar-refractivity contribution in [1.29, 1.82) is 0 Å². The van der Waals surface area contributed by atoms with Gasteiger partial charge in [0.1, 0.15) is 0 Å². The molecule has 2 aliphatic heterocycles. The van der Waals surface area contributed by atoms with Gasteiger partial charge in [0.2, 0.25) is 11.8 Å². The summed E-state index contributed by atoms with van der Waals surface area (Å²) in [7, 11) is 0. The molecule has 1 aromatic carbocycles. The van der Waals surface area contributed by atoms with Crippen molar-refractivity contribution in [2.75, 3.05) is 36.4 Å². The highest BCUT2D eigenvalue weighted by atomic mass is 16.2. The largest absolute Gasteiger partial charge is 0.370 e. The van der Waals surface area contributed by atoms with Gasteiger partial charge in [-0.2, -0.15) is 0 Å². The van der Waals surface area contributed by atoms with Gasteiger partial charge in [-0.3, -0.25) is 9.59 Å². The molecule has 0 radical (unpaired) electrons. The normalized spacial score (nSPS) is 23.6. The van der Waals surface area contributed by atoms with Crippen LogP contribution >= 0.6 is 0 Å². The lowest BCUT2D eigenvalue weighted by Crippen LogP contribution is -2.44. The molecule has 0 unspecified atom stereocenters. The van der Waals surface area contributed by atoms with Crippen LogP contribution < -0.4 is 10.2 Å². The second-order valence-corrected chi connectivity index (χ2v) is 7.60. The Bertz CT molecular complexity index is 650. The van der Waals surface area contributed by atoms with E-state index in [9.17, 15) is 9.59 Å². The van der Waals surface area contributed by atoms with E-state index in [1.165, 1.54) is 12.8 Å². The summed E-state index contributed by atoms with van der Waals surface area (Å²) in [5, 5.41) is 3.14. The molecule has 0 aromatic heterocycles. The molecular weight excluding hydrogens is 314 g/mol. The summed E-state index contributed by atoms with van der Waals surface area (Å²) in [6, 6.07) is 8.07. The Hall–Kier alpha value is -2.04. The Labute approximate surface area is 149 Å². The van der Waals surface area contributed by atoms with Crippen LogP contribution in [0.15, 0.2) is 24.3 Å². The van der Waals surface area contributed by atoms with Crippen molar-refractivity contribution in [1.82, 2.24) is 4.90 Å². The van der Waals surface area contributed by atoms with Gasteiger partial charge in [0.05, 0.1) is 17.3 Å². The summed E-state index contributed by atoms with van der Waals surface area (Å²) in [6.45, 7) is 3.50. The predicted molar refractivity (Wildman–Crippen MR) is 98.5 cm³/mol. The molecule has 2 amide bonds. The van der Waals surface area contributed by atoms with Crippen molar-refractivity contribution in [2.24, 2.45) is 11.8 Å². The molecule has 1 saturated carbocycles. The maximum atomic E-state index is 12.8. The third-order valence-electron chi connectivity index (χ3n) is 5.64. The first-order valence-corrected chi connectivity index (χ1v) is 9.66. The van der Waals surface area contributed by atoms with Crippen molar-refractivity contribution in [3.05, 3.63) is 24.3 Å². The van der Waals surface area contributed by atoms with E-state index in [1.807, 2.05) is 23.1 Å². The van der Waals surface area contributed by atoms with E-state index in [1.54, 1.807) is 0 Å². The number of carbonyl (C=O) groups is 2. The minimum atomic E-state index is -0.0944. The zero-order chi connectivity index (χ0) is 17.2.